The molecular formula is C33H27Cl2N7O6. The number of benzene rings is 3. The fraction of sp³-hybridized carbons (Fsp3) is 0.121. The summed E-state index contributed by atoms with van der Waals surface area (Å²) < 4.78 is 0. The van der Waals surface area contributed by atoms with Gasteiger partial charge in [0.15, 0.2) is 0 Å². The van der Waals surface area contributed by atoms with Crippen molar-refractivity contribution < 1.29 is 29.1 Å². The van der Waals surface area contributed by atoms with Gasteiger partial charge in [0.2, 0.25) is 11.8 Å². The number of nitrogens with one attached hydrogen (secondary N) is 5. The van der Waals surface area contributed by atoms with Crippen LogP contribution in [0.5, 0.6) is 0 Å². The van der Waals surface area contributed by atoms with E-state index in [-0.39, 0.29) is 51.8 Å². The number of carbonyl (C=O) groups excluding carboxylic acids is 4. The number of aromatic nitrogens is 1. The van der Waals surface area contributed by atoms with Gasteiger partial charge in [0, 0.05) is 41.7 Å². The molecule has 0 radical (unpaired) electrons. The average molecular weight is 689 g/mol. The van der Waals surface area contributed by atoms with Gasteiger partial charge in [-0.15, -0.1) is 0 Å². The van der Waals surface area contributed by atoms with Crippen molar-refractivity contribution in [2.45, 2.75) is 13.8 Å². The molecule has 2 aliphatic rings. The first kappa shape index (κ1) is 32.2. The molecule has 0 spiro atoms. The Morgan fingerprint density at radius 3 is 1.67 bits per heavy atom. The molecule has 0 bridgehead atoms. The molecule has 244 valence electrons. The van der Waals surface area contributed by atoms with Gasteiger partial charge in [-0.1, -0.05) is 23.2 Å². The van der Waals surface area contributed by atoms with Crippen molar-refractivity contribution in [3.8, 4) is 0 Å². The lowest BCUT2D eigenvalue weighted by atomic mass is 10.0. The summed E-state index contributed by atoms with van der Waals surface area (Å²) in [5.41, 5.74) is 9.47. The predicted molar refractivity (Wildman–Crippen MR) is 183 cm³/mol. The highest BCUT2D eigenvalue weighted by molar-refractivity contribution is 6.53. The molecule has 0 atom stereocenters. The standard InChI is InChI=1S/C33H27Cl2N7O6/c1-16(43)36-19-3-7-21(8-4-19)41-14-25(31(45)39-41)29(34)18-11-24(23-13-28(33(47)48)38-27(23)12-18)30(35)26-15-42(40-32(26)46)22-9-5-20(6-10-22)37-17(2)44/h3-13,38H,14-15H2,1-2H3,(H,36,43)(H,37,44)(H,39,45)(H,40,46)(H,47,48). The number of amides is 4. The maximum absolute atomic E-state index is 13.2. The van der Waals surface area contributed by atoms with Crippen LogP contribution in [0.4, 0.5) is 22.7 Å². The van der Waals surface area contributed by atoms with E-state index in [1.807, 2.05) is 0 Å². The molecule has 6 rings (SSSR count). The molecule has 2 fully saturated rings. The Kier molecular flexibility index (Phi) is 8.56. The highest BCUT2D eigenvalue weighted by atomic mass is 35.5. The van der Waals surface area contributed by atoms with Gasteiger partial charge >= 0.3 is 5.97 Å². The maximum Gasteiger partial charge on any atom is 0.352 e. The van der Waals surface area contributed by atoms with Crippen LogP contribution < -0.4 is 31.5 Å². The van der Waals surface area contributed by atoms with E-state index in [9.17, 15) is 29.1 Å². The highest BCUT2D eigenvalue weighted by Crippen LogP contribution is 2.38. The second-order valence-electron chi connectivity index (χ2n) is 11.1. The molecule has 2 saturated heterocycles. The number of nitrogens with zero attached hydrogens (tertiary/aromatic N) is 2. The van der Waals surface area contributed by atoms with E-state index in [0.717, 1.165) is 0 Å². The Morgan fingerprint density at radius 2 is 1.21 bits per heavy atom. The van der Waals surface area contributed by atoms with Crippen LogP contribution in [0, 0.1) is 0 Å². The number of anilines is 4. The molecule has 2 aliphatic heterocycles. The number of aromatic carboxylic acids is 1. The van der Waals surface area contributed by atoms with Crippen LogP contribution >= 0.6 is 23.2 Å². The van der Waals surface area contributed by atoms with Gasteiger partial charge in [-0.05, 0) is 72.3 Å². The van der Waals surface area contributed by atoms with Crippen LogP contribution in [0.1, 0.15) is 35.5 Å². The minimum Gasteiger partial charge on any atom is -0.477 e. The average Bonchev–Trinajstić information content (AvgIpc) is 3.76. The molecule has 0 aliphatic carbocycles. The minimum absolute atomic E-state index is 0.0684. The van der Waals surface area contributed by atoms with Crippen molar-refractivity contribution in [2.75, 3.05) is 33.7 Å². The number of fused-ring (bicyclic) bond motifs is 1. The van der Waals surface area contributed by atoms with E-state index in [2.05, 4.69) is 26.5 Å². The van der Waals surface area contributed by atoms with Crippen LogP contribution in [0.15, 0.2) is 77.9 Å². The van der Waals surface area contributed by atoms with E-state index in [4.69, 9.17) is 23.2 Å². The number of H-pyrrole nitrogens is 1. The lowest BCUT2D eigenvalue weighted by Gasteiger charge is -2.17. The first-order chi connectivity index (χ1) is 22.9. The van der Waals surface area contributed by atoms with Gasteiger partial charge < -0.3 is 20.7 Å². The Morgan fingerprint density at radius 1 is 0.729 bits per heavy atom. The molecule has 13 nitrogen and oxygen atoms in total. The largest absolute Gasteiger partial charge is 0.477 e. The fourth-order valence-electron chi connectivity index (χ4n) is 5.42. The van der Waals surface area contributed by atoms with E-state index in [1.54, 1.807) is 70.7 Å². The Balaban J connectivity index is 1.35. The van der Waals surface area contributed by atoms with E-state index >= 15 is 0 Å². The lowest BCUT2D eigenvalue weighted by molar-refractivity contribution is -0.117. The number of carboxylic acids is 1. The third-order valence-electron chi connectivity index (χ3n) is 7.64. The molecule has 0 unspecified atom stereocenters. The van der Waals surface area contributed by atoms with E-state index in [1.165, 1.54) is 19.9 Å². The van der Waals surface area contributed by atoms with E-state index in [0.29, 0.717) is 44.8 Å². The predicted octanol–water partition coefficient (Wildman–Crippen LogP) is 4.79. The van der Waals surface area contributed by atoms with Crippen molar-refractivity contribution in [1.82, 2.24) is 15.8 Å². The number of hydrogen-bond acceptors (Lipinski definition) is 7. The van der Waals surface area contributed by atoms with Crippen molar-refractivity contribution >= 4 is 96.5 Å². The van der Waals surface area contributed by atoms with Gasteiger partial charge in [-0.3, -0.25) is 40.0 Å². The van der Waals surface area contributed by atoms with Crippen LogP contribution in [-0.2, 0) is 19.2 Å². The summed E-state index contributed by atoms with van der Waals surface area (Å²) in [6, 6.07) is 18.4. The first-order valence-corrected chi connectivity index (χ1v) is 15.2. The highest BCUT2D eigenvalue weighted by Gasteiger charge is 2.31. The zero-order chi connectivity index (χ0) is 34.3. The second kappa shape index (κ2) is 12.8. The molecule has 4 amide bonds. The molecule has 48 heavy (non-hydrogen) atoms. The number of carboxylic acid groups (broad SMARTS) is 1. The number of halogens is 2. The molecule has 3 aromatic carbocycles. The molecule has 15 heteroatoms. The monoisotopic (exact) mass is 687 g/mol. The quantitative estimate of drug-likeness (QED) is 0.150. The summed E-state index contributed by atoms with van der Waals surface area (Å²) in [5.74, 6) is -2.52. The molecule has 1 aromatic heterocycles. The van der Waals surface area contributed by atoms with Gasteiger partial charge in [0.05, 0.1) is 45.7 Å². The summed E-state index contributed by atoms with van der Waals surface area (Å²) in [6.45, 7) is 2.99. The third kappa shape index (κ3) is 6.41. The van der Waals surface area contributed by atoms with Crippen LogP contribution in [0.2, 0.25) is 0 Å². The van der Waals surface area contributed by atoms with Gasteiger partial charge in [-0.25, -0.2) is 4.79 Å². The molecule has 0 saturated carbocycles. The summed E-state index contributed by atoms with van der Waals surface area (Å²) in [4.78, 5) is 63.7. The van der Waals surface area contributed by atoms with Gasteiger partial charge in [0.25, 0.3) is 11.8 Å². The molecule has 4 aromatic rings. The third-order valence-corrected chi connectivity index (χ3v) is 8.52. The SMILES string of the molecule is CC(=O)Nc1ccc(N2CC(=C(Cl)c3cc(C(Cl)=C4CN(c5ccc(NC(C)=O)cc5)NC4=O)c4cc(C(=O)O)[nH]c4c3)C(=O)N2)cc1. The normalized spacial score (nSPS) is 16.5. The summed E-state index contributed by atoms with van der Waals surface area (Å²) in [5, 5.41) is 18.9. The number of carbonyl (C=O) groups is 5. The summed E-state index contributed by atoms with van der Waals surface area (Å²) in [7, 11) is 0. The minimum atomic E-state index is -1.20. The summed E-state index contributed by atoms with van der Waals surface area (Å²) in [6.07, 6.45) is 0. The number of hydrogen-bond donors (Lipinski definition) is 6. The van der Waals surface area contributed by atoms with Crippen molar-refractivity contribution in [3.05, 3.63) is 94.7 Å². The van der Waals surface area contributed by atoms with Crippen LogP contribution in [0.3, 0.4) is 0 Å². The van der Waals surface area contributed by atoms with Crippen molar-refractivity contribution in [2.24, 2.45) is 0 Å². The Hall–Kier alpha value is -5.79. The topological polar surface area (TPSA) is 176 Å². The molecule has 6 N–H and O–H groups in total. The Labute approximate surface area is 283 Å². The zero-order valence-corrected chi connectivity index (χ0v) is 26.9. The zero-order valence-electron chi connectivity index (χ0n) is 25.4. The number of aromatic amines is 1. The van der Waals surface area contributed by atoms with Crippen molar-refractivity contribution in [3.63, 3.8) is 0 Å². The van der Waals surface area contributed by atoms with Crippen LogP contribution in [0.25, 0.3) is 21.0 Å². The molecule has 3 heterocycles. The number of hydrazine groups is 2. The number of rotatable bonds is 7. The van der Waals surface area contributed by atoms with Gasteiger partial charge in [-0.2, -0.15) is 0 Å². The maximum atomic E-state index is 13.2. The second-order valence-corrected chi connectivity index (χ2v) is 11.8. The summed E-state index contributed by atoms with van der Waals surface area (Å²) >= 11 is 13.8. The smallest absolute Gasteiger partial charge is 0.352 e. The van der Waals surface area contributed by atoms with Crippen LogP contribution in [-0.4, -0.2) is 52.8 Å². The van der Waals surface area contributed by atoms with Gasteiger partial charge in [0.1, 0.15) is 5.69 Å². The van der Waals surface area contributed by atoms with E-state index < -0.39 is 17.8 Å². The lowest BCUT2D eigenvalue weighted by Crippen LogP contribution is -2.32. The van der Waals surface area contributed by atoms with Crippen molar-refractivity contribution in [1.29, 1.82) is 0 Å². The molecular weight excluding hydrogens is 661 g/mol. The Bertz CT molecular complexity index is 2090. The fourth-order valence-corrected chi connectivity index (χ4v) is 5.98. The first-order valence-electron chi connectivity index (χ1n) is 14.5.